The molecule has 3 heteroatoms. The Labute approximate surface area is 97.1 Å². The van der Waals surface area contributed by atoms with Gasteiger partial charge in [-0.2, -0.15) is 0 Å². The first kappa shape index (κ1) is 12.7. The van der Waals surface area contributed by atoms with Gasteiger partial charge in [-0.1, -0.05) is 6.92 Å². The van der Waals surface area contributed by atoms with Gasteiger partial charge in [-0.05, 0) is 39.4 Å². The van der Waals surface area contributed by atoms with Crippen molar-refractivity contribution < 1.29 is 0 Å². The van der Waals surface area contributed by atoms with Crippen LogP contribution in [-0.2, 0) is 13.1 Å². The first-order chi connectivity index (χ1) is 6.99. The third kappa shape index (κ3) is 3.30. The van der Waals surface area contributed by atoms with E-state index < -0.39 is 0 Å². The molecule has 1 aromatic heterocycles. The van der Waals surface area contributed by atoms with Crippen molar-refractivity contribution in [3.05, 3.63) is 21.9 Å². The number of nitrogens with zero attached hydrogens (tertiary/aromatic N) is 1. The zero-order valence-electron chi connectivity index (χ0n) is 10.2. The summed E-state index contributed by atoms with van der Waals surface area (Å²) in [6.45, 7) is 8.47. The fourth-order valence-electron chi connectivity index (χ4n) is 1.33. The molecule has 0 aromatic carbocycles. The van der Waals surface area contributed by atoms with Crippen LogP contribution < -0.4 is 5.73 Å². The second-order valence-electron chi connectivity index (χ2n) is 4.59. The van der Waals surface area contributed by atoms with E-state index in [-0.39, 0.29) is 5.54 Å². The van der Waals surface area contributed by atoms with E-state index in [0.29, 0.717) is 6.54 Å². The number of thiophene rings is 1. The molecule has 0 aliphatic heterocycles. The Hall–Kier alpha value is -0.380. The van der Waals surface area contributed by atoms with Gasteiger partial charge in [0.15, 0.2) is 0 Å². The van der Waals surface area contributed by atoms with Crippen molar-refractivity contribution in [1.82, 2.24) is 4.90 Å². The molecule has 0 saturated carbocycles. The zero-order chi connectivity index (χ0) is 11.5. The molecule has 0 saturated heterocycles. The van der Waals surface area contributed by atoms with Gasteiger partial charge in [0.1, 0.15) is 0 Å². The lowest BCUT2D eigenvalue weighted by atomic mass is 10.00. The lowest BCUT2D eigenvalue weighted by Crippen LogP contribution is -2.39. The van der Waals surface area contributed by atoms with Gasteiger partial charge in [0.25, 0.3) is 0 Å². The maximum atomic E-state index is 5.60. The number of nitrogens with two attached hydrogens (primary N) is 1. The van der Waals surface area contributed by atoms with E-state index in [1.807, 2.05) is 11.3 Å². The fourth-order valence-corrected chi connectivity index (χ4v) is 2.29. The van der Waals surface area contributed by atoms with Crippen molar-refractivity contribution in [2.45, 2.75) is 45.8 Å². The molecular formula is C12H22N2S. The van der Waals surface area contributed by atoms with E-state index in [2.05, 4.69) is 44.9 Å². The smallest absolute Gasteiger partial charge is 0.0330 e. The quantitative estimate of drug-likeness (QED) is 0.836. The van der Waals surface area contributed by atoms with Gasteiger partial charge in [-0.3, -0.25) is 4.90 Å². The van der Waals surface area contributed by atoms with Crippen LogP contribution in [0.5, 0.6) is 0 Å². The highest BCUT2D eigenvalue weighted by atomic mass is 32.1. The Kier molecular flexibility index (Phi) is 4.32. The SMILES string of the molecule is CCC(C)(C)N(C)Cc1ccc(CN)s1. The standard InChI is InChI=1S/C12H22N2S/c1-5-12(2,3)14(4)9-11-7-6-10(8-13)15-11/h6-7H,5,8-9,13H2,1-4H3. The number of hydrogen-bond donors (Lipinski definition) is 1. The average Bonchev–Trinajstić information content (AvgIpc) is 2.65. The van der Waals surface area contributed by atoms with Crippen LogP contribution in [0.4, 0.5) is 0 Å². The molecule has 2 nitrogen and oxygen atoms in total. The fraction of sp³-hybridized carbons (Fsp3) is 0.667. The highest BCUT2D eigenvalue weighted by molar-refractivity contribution is 7.11. The Morgan fingerprint density at radius 1 is 1.33 bits per heavy atom. The lowest BCUT2D eigenvalue weighted by Gasteiger charge is -2.34. The van der Waals surface area contributed by atoms with Gasteiger partial charge in [-0.25, -0.2) is 0 Å². The van der Waals surface area contributed by atoms with Crippen LogP contribution in [0.1, 0.15) is 36.9 Å². The van der Waals surface area contributed by atoms with E-state index in [4.69, 9.17) is 5.73 Å². The van der Waals surface area contributed by atoms with Crippen LogP contribution in [0.3, 0.4) is 0 Å². The van der Waals surface area contributed by atoms with Gasteiger partial charge in [0, 0.05) is 28.4 Å². The molecular weight excluding hydrogens is 204 g/mol. The van der Waals surface area contributed by atoms with Crippen molar-refractivity contribution in [1.29, 1.82) is 0 Å². The largest absolute Gasteiger partial charge is 0.326 e. The summed E-state index contributed by atoms with van der Waals surface area (Å²) in [4.78, 5) is 5.08. The molecule has 1 heterocycles. The highest BCUT2D eigenvalue weighted by Gasteiger charge is 2.21. The molecule has 0 radical (unpaired) electrons. The lowest BCUT2D eigenvalue weighted by molar-refractivity contribution is 0.144. The van der Waals surface area contributed by atoms with Gasteiger partial charge in [-0.15, -0.1) is 11.3 Å². The Bertz CT molecular complexity index is 304. The minimum absolute atomic E-state index is 0.271. The second-order valence-corrected chi connectivity index (χ2v) is 5.85. The van der Waals surface area contributed by atoms with Crippen molar-refractivity contribution >= 4 is 11.3 Å². The third-order valence-electron chi connectivity index (χ3n) is 3.21. The van der Waals surface area contributed by atoms with E-state index in [9.17, 15) is 0 Å². The molecule has 0 aliphatic rings. The minimum Gasteiger partial charge on any atom is -0.326 e. The molecule has 2 N–H and O–H groups in total. The Morgan fingerprint density at radius 2 is 1.93 bits per heavy atom. The van der Waals surface area contributed by atoms with E-state index in [1.54, 1.807) is 0 Å². The first-order valence-electron chi connectivity index (χ1n) is 5.48. The second kappa shape index (κ2) is 5.10. The van der Waals surface area contributed by atoms with Gasteiger partial charge in [0.2, 0.25) is 0 Å². The summed E-state index contributed by atoms with van der Waals surface area (Å²) in [7, 11) is 2.19. The van der Waals surface area contributed by atoms with Crippen LogP contribution in [-0.4, -0.2) is 17.5 Å². The van der Waals surface area contributed by atoms with Crippen LogP contribution in [0, 0.1) is 0 Å². The maximum Gasteiger partial charge on any atom is 0.0330 e. The zero-order valence-corrected chi connectivity index (χ0v) is 11.0. The summed E-state index contributed by atoms with van der Waals surface area (Å²) < 4.78 is 0. The molecule has 15 heavy (non-hydrogen) atoms. The topological polar surface area (TPSA) is 29.3 Å². The molecule has 0 unspecified atom stereocenters. The van der Waals surface area contributed by atoms with Crippen LogP contribution in [0.25, 0.3) is 0 Å². The summed E-state index contributed by atoms with van der Waals surface area (Å²) in [5, 5.41) is 0. The molecule has 0 fully saturated rings. The Balaban J connectivity index is 2.61. The van der Waals surface area contributed by atoms with Crippen LogP contribution in [0.15, 0.2) is 12.1 Å². The number of hydrogen-bond acceptors (Lipinski definition) is 3. The predicted molar refractivity (Wildman–Crippen MR) is 68.0 cm³/mol. The highest BCUT2D eigenvalue weighted by Crippen LogP contribution is 2.23. The van der Waals surface area contributed by atoms with Crippen LogP contribution >= 0.6 is 11.3 Å². The Morgan fingerprint density at radius 3 is 2.40 bits per heavy atom. The maximum absolute atomic E-state index is 5.60. The number of rotatable bonds is 5. The molecule has 0 bridgehead atoms. The third-order valence-corrected chi connectivity index (χ3v) is 4.30. The van der Waals surface area contributed by atoms with Crippen molar-refractivity contribution in [3.63, 3.8) is 0 Å². The van der Waals surface area contributed by atoms with Gasteiger partial charge >= 0.3 is 0 Å². The molecule has 0 spiro atoms. The van der Waals surface area contributed by atoms with E-state index >= 15 is 0 Å². The van der Waals surface area contributed by atoms with E-state index in [1.165, 1.54) is 16.2 Å². The molecule has 0 amide bonds. The normalized spacial score (nSPS) is 12.4. The summed E-state index contributed by atoms with van der Waals surface area (Å²) in [5.41, 5.74) is 5.87. The van der Waals surface area contributed by atoms with Crippen LogP contribution in [0.2, 0.25) is 0 Å². The van der Waals surface area contributed by atoms with Crippen molar-refractivity contribution in [2.75, 3.05) is 7.05 Å². The summed E-state index contributed by atoms with van der Waals surface area (Å²) in [6, 6.07) is 4.32. The minimum atomic E-state index is 0.271. The predicted octanol–water partition coefficient (Wildman–Crippen LogP) is 2.83. The summed E-state index contributed by atoms with van der Waals surface area (Å²) >= 11 is 1.82. The first-order valence-corrected chi connectivity index (χ1v) is 6.30. The molecule has 1 rings (SSSR count). The molecule has 0 aliphatic carbocycles. The molecule has 1 aromatic rings. The van der Waals surface area contributed by atoms with Gasteiger partial charge < -0.3 is 5.73 Å². The monoisotopic (exact) mass is 226 g/mol. The summed E-state index contributed by atoms with van der Waals surface area (Å²) in [6.07, 6.45) is 1.17. The summed E-state index contributed by atoms with van der Waals surface area (Å²) in [5.74, 6) is 0. The van der Waals surface area contributed by atoms with Crippen molar-refractivity contribution in [3.8, 4) is 0 Å². The van der Waals surface area contributed by atoms with Crippen molar-refractivity contribution in [2.24, 2.45) is 5.73 Å². The van der Waals surface area contributed by atoms with E-state index in [0.717, 1.165) is 6.54 Å². The molecule has 0 atom stereocenters. The van der Waals surface area contributed by atoms with Gasteiger partial charge in [0.05, 0.1) is 0 Å². The average molecular weight is 226 g/mol. The molecule has 86 valence electrons.